The van der Waals surface area contributed by atoms with Crippen LogP contribution in [0, 0.1) is 5.82 Å². The summed E-state index contributed by atoms with van der Waals surface area (Å²) in [5.74, 6) is -0.565. The van der Waals surface area contributed by atoms with E-state index in [1.165, 1.54) is 6.07 Å². The highest BCUT2D eigenvalue weighted by Crippen LogP contribution is 2.25. The maximum atomic E-state index is 13.0. The van der Waals surface area contributed by atoms with E-state index in [0.717, 1.165) is 12.4 Å². The third-order valence-electron chi connectivity index (χ3n) is 1.55. The maximum Gasteiger partial charge on any atom is 0.143 e. The number of hydrogen-bond donors (Lipinski definition) is 0. The highest BCUT2D eigenvalue weighted by atomic mass is 35.5. The van der Waals surface area contributed by atoms with Crippen LogP contribution in [-0.2, 0) is 4.79 Å². The molecule has 0 atom stereocenters. The largest absolute Gasteiger partial charge is 0.303 e. The summed E-state index contributed by atoms with van der Waals surface area (Å²) in [4.78, 5) is 10.0. The second kappa shape index (κ2) is 5.13. The lowest BCUT2D eigenvalue weighted by atomic mass is 10.2. The number of hydrogen-bond acceptors (Lipinski definition) is 1. The van der Waals surface area contributed by atoms with E-state index in [4.69, 9.17) is 23.2 Å². The lowest BCUT2D eigenvalue weighted by molar-refractivity contribution is -0.107. The zero-order valence-electron chi connectivity index (χ0n) is 7.14. The molecule has 0 bridgehead atoms. The summed E-state index contributed by atoms with van der Waals surface area (Å²) in [6.07, 6.45) is 4.16. The predicted molar refractivity (Wildman–Crippen MR) is 56.1 cm³/mol. The van der Waals surface area contributed by atoms with Gasteiger partial charge in [-0.2, -0.15) is 0 Å². The monoisotopic (exact) mass is 232 g/mol. The van der Waals surface area contributed by atoms with E-state index in [0.29, 0.717) is 5.56 Å². The van der Waals surface area contributed by atoms with Gasteiger partial charge in [0.1, 0.15) is 12.1 Å². The smallest absolute Gasteiger partial charge is 0.143 e. The van der Waals surface area contributed by atoms with E-state index in [9.17, 15) is 9.18 Å². The number of benzene rings is 1. The normalized spacial score (nSPS) is 10.8. The molecule has 0 radical (unpaired) electrons. The van der Waals surface area contributed by atoms with E-state index in [1.54, 1.807) is 12.2 Å². The fraction of sp³-hybridized carbons (Fsp3) is 0.100. The van der Waals surface area contributed by atoms with Crippen molar-refractivity contribution in [2.45, 2.75) is 6.42 Å². The number of halogens is 3. The van der Waals surface area contributed by atoms with Gasteiger partial charge in [0.15, 0.2) is 0 Å². The van der Waals surface area contributed by atoms with Gasteiger partial charge in [-0.25, -0.2) is 4.39 Å². The Morgan fingerprint density at radius 2 is 2.07 bits per heavy atom. The fourth-order valence-electron chi connectivity index (χ4n) is 0.948. The zero-order chi connectivity index (χ0) is 10.6. The van der Waals surface area contributed by atoms with Crippen molar-refractivity contribution in [3.05, 3.63) is 39.6 Å². The van der Waals surface area contributed by atoms with Gasteiger partial charge in [-0.3, -0.25) is 0 Å². The third kappa shape index (κ3) is 2.82. The van der Waals surface area contributed by atoms with E-state index >= 15 is 0 Å². The Bertz CT molecular complexity index is 375. The van der Waals surface area contributed by atoms with Gasteiger partial charge in [0.25, 0.3) is 0 Å². The minimum atomic E-state index is -0.565. The van der Waals surface area contributed by atoms with Crippen molar-refractivity contribution in [3.63, 3.8) is 0 Å². The molecule has 1 aromatic carbocycles. The average Bonchev–Trinajstić information content (AvgIpc) is 2.13. The van der Waals surface area contributed by atoms with Gasteiger partial charge in [-0.05, 0) is 17.7 Å². The Labute approximate surface area is 91.1 Å². The summed E-state index contributed by atoms with van der Waals surface area (Å²) in [6.45, 7) is 0. The maximum absolute atomic E-state index is 13.0. The lowest BCUT2D eigenvalue weighted by Crippen LogP contribution is -1.82. The van der Waals surface area contributed by atoms with Crippen molar-refractivity contribution in [1.29, 1.82) is 0 Å². The first-order chi connectivity index (χ1) is 6.65. The average molecular weight is 233 g/mol. The fourth-order valence-corrected chi connectivity index (χ4v) is 1.33. The topological polar surface area (TPSA) is 17.1 Å². The molecule has 74 valence electrons. The SMILES string of the molecule is O=CCC=Cc1cc(Cl)cc(F)c1Cl. The Kier molecular flexibility index (Phi) is 4.11. The summed E-state index contributed by atoms with van der Waals surface area (Å²) in [5, 5.41) is 0.286. The van der Waals surface area contributed by atoms with Crippen LogP contribution in [0.1, 0.15) is 12.0 Å². The number of carbonyl (C=O) groups is 1. The van der Waals surface area contributed by atoms with Crippen molar-refractivity contribution in [2.75, 3.05) is 0 Å². The zero-order valence-corrected chi connectivity index (χ0v) is 8.65. The molecule has 1 rings (SSSR count). The second-order valence-corrected chi connectivity index (χ2v) is 3.41. The Hall–Kier alpha value is -0.860. The molecule has 0 heterocycles. The molecule has 0 spiro atoms. The van der Waals surface area contributed by atoms with Crippen LogP contribution in [0.4, 0.5) is 4.39 Å². The predicted octanol–water partition coefficient (Wildman–Crippen LogP) is 3.73. The molecular formula is C10H7Cl2FO. The van der Waals surface area contributed by atoms with Gasteiger partial charge in [-0.15, -0.1) is 0 Å². The quantitative estimate of drug-likeness (QED) is 0.574. The summed E-state index contributed by atoms with van der Waals surface area (Å²) in [5.41, 5.74) is 0.471. The van der Waals surface area contributed by atoms with Gasteiger partial charge in [0.2, 0.25) is 0 Å². The van der Waals surface area contributed by atoms with Crippen molar-refractivity contribution in [2.24, 2.45) is 0 Å². The van der Waals surface area contributed by atoms with Crippen LogP contribution in [0.25, 0.3) is 6.08 Å². The summed E-state index contributed by atoms with van der Waals surface area (Å²) in [7, 11) is 0. The van der Waals surface area contributed by atoms with Crippen LogP contribution in [0.2, 0.25) is 10.0 Å². The molecular weight excluding hydrogens is 226 g/mol. The molecule has 0 saturated carbocycles. The van der Waals surface area contributed by atoms with E-state index < -0.39 is 5.82 Å². The minimum Gasteiger partial charge on any atom is -0.303 e. The molecule has 0 aliphatic carbocycles. The van der Waals surface area contributed by atoms with Crippen LogP contribution in [0.3, 0.4) is 0 Å². The van der Waals surface area contributed by atoms with E-state index in [-0.39, 0.29) is 16.5 Å². The molecule has 0 N–H and O–H groups in total. The van der Waals surface area contributed by atoms with Gasteiger partial charge in [0, 0.05) is 11.4 Å². The van der Waals surface area contributed by atoms with Crippen LogP contribution in [0.5, 0.6) is 0 Å². The van der Waals surface area contributed by atoms with Crippen molar-refractivity contribution >= 4 is 35.6 Å². The van der Waals surface area contributed by atoms with Crippen LogP contribution >= 0.6 is 23.2 Å². The van der Waals surface area contributed by atoms with Gasteiger partial charge >= 0.3 is 0 Å². The molecule has 4 heteroatoms. The molecule has 0 amide bonds. The molecule has 1 aromatic rings. The number of allylic oxidation sites excluding steroid dienone is 1. The number of rotatable bonds is 3. The third-order valence-corrected chi connectivity index (χ3v) is 2.17. The highest BCUT2D eigenvalue weighted by Gasteiger charge is 2.05. The van der Waals surface area contributed by atoms with Crippen LogP contribution in [0.15, 0.2) is 18.2 Å². The minimum absolute atomic E-state index is 0.0107. The van der Waals surface area contributed by atoms with Crippen LogP contribution in [-0.4, -0.2) is 6.29 Å². The first kappa shape index (κ1) is 11.2. The second-order valence-electron chi connectivity index (χ2n) is 2.60. The number of aldehydes is 1. The Balaban J connectivity index is 3.01. The first-order valence-corrected chi connectivity index (χ1v) is 4.65. The Morgan fingerprint density at radius 1 is 1.36 bits per heavy atom. The summed E-state index contributed by atoms with van der Waals surface area (Å²) in [6, 6.07) is 2.68. The summed E-state index contributed by atoms with van der Waals surface area (Å²) < 4.78 is 13.0. The first-order valence-electron chi connectivity index (χ1n) is 3.90. The molecule has 14 heavy (non-hydrogen) atoms. The number of carbonyl (C=O) groups excluding carboxylic acids is 1. The van der Waals surface area contributed by atoms with Crippen molar-refractivity contribution < 1.29 is 9.18 Å². The van der Waals surface area contributed by atoms with Gasteiger partial charge in [-0.1, -0.05) is 35.4 Å². The molecule has 0 unspecified atom stereocenters. The van der Waals surface area contributed by atoms with Crippen molar-refractivity contribution in [3.8, 4) is 0 Å². The molecule has 0 aromatic heterocycles. The molecule has 1 nitrogen and oxygen atoms in total. The molecule has 0 aliphatic rings. The lowest BCUT2D eigenvalue weighted by Gasteiger charge is -2.00. The molecule has 0 saturated heterocycles. The van der Waals surface area contributed by atoms with Crippen LogP contribution < -0.4 is 0 Å². The van der Waals surface area contributed by atoms with Gasteiger partial charge in [0.05, 0.1) is 5.02 Å². The van der Waals surface area contributed by atoms with Gasteiger partial charge < -0.3 is 4.79 Å². The van der Waals surface area contributed by atoms with E-state index in [1.807, 2.05) is 0 Å². The highest BCUT2D eigenvalue weighted by molar-refractivity contribution is 6.34. The van der Waals surface area contributed by atoms with Crippen molar-refractivity contribution in [1.82, 2.24) is 0 Å². The molecule has 0 fully saturated rings. The van der Waals surface area contributed by atoms with E-state index in [2.05, 4.69) is 0 Å². The Morgan fingerprint density at radius 3 is 2.71 bits per heavy atom. The molecule has 0 aliphatic heterocycles. The standard InChI is InChI=1S/C10H7Cl2FO/c11-8-5-7(3-1-2-4-14)10(12)9(13)6-8/h1,3-6H,2H2. The summed E-state index contributed by atoms with van der Waals surface area (Å²) >= 11 is 11.3.